The number of aromatic hydroxyl groups is 1. The van der Waals surface area contributed by atoms with Crippen molar-refractivity contribution in [3.05, 3.63) is 70.8 Å². The van der Waals surface area contributed by atoms with Gasteiger partial charge in [0.1, 0.15) is 5.75 Å². The summed E-state index contributed by atoms with van der Waals surface area (Å²) in [5.74, 6) is -1.53. The molecule has 5 rings (SSSR count). The average molecular weight is 531 g/mol. The lowest BCUT2D eigenvalue weighted by atomic mass is 9.69. The molecule has 3 aliphatic rings. The van der Waals surface area contributed by atoms with Crippen molar-refractivity contribution in [2.45, 2.75) is 38.7 Å². The van der Waals surface area contributed by atoms with Gasteiger partial charge in [0.25, 0.3) is 0 Å². The molecule has 39 heavy (non-hydrogen) atoms. The first-order valence-corrected chi connectivity index (χ1v) is 13.5. The minimum atomic E-state index is -1.69. The van der Waals surface area contributed by atoms with E-state index in [-0.39, 0.29) is 35.0 Å². The van der Waals surface area contributed by atoms with E-state index in [4.69, 9.17) is 9.47 Å². The van der Waals surface area contributed by atoms with Crippen LogP contribution in [0.4, 0.5) is 5.69 Å². The first-order valence-electron chi connectivity index (χ1n) is 13.5. The van der Waals surface area contributed by atoms with Crippen LogP contribution in [0.1, 0.15) is 38.2 Å². The molecule has 2 aromatic carbocycles. The van der Waals surface area contributed by atoms with Gasteiger partial charge in [-0.2, -0.15) is 0 Å². The Bertz CT molecular complexity index is 1320. The quantitative estimate of drug-likeness (QED) is 0.259. The predicted molar refractivity (Wildman–Crippen MR) is 148 cm³/mol. The van der Waals surface area contributed by atoms with Crippen molar-refractivity contribution in [3.63, 3.8) is 0 Å². The summed E-state index contributed by atoms with van der Waals surface area (Å²) in [6, 6.07) is 13.4. The van der Waals surface area contributed by atoms with Crippen molar-refractivity contribution in [3.8, 4) is 5.75 Å². The molecular formula is C30H34BNO7. The molecule has 0 spiro atoms. The van der Waals surface area contributed by atoms with E-state index < -0.39 is 19.0 Å². The van der Waals surface area contributed by atoms with E-state index in [0.29, 0.717) is 25.3 Å². The number of nitrogens with zero attached hydrogens (tertiary/aromatic N) is 1. The van der Waals surface area contributed by atoms with Gasteiger partial charge in [0.2, 0.25) is 11.8 Å². The fraction of sp³-hybridized carbons (Fsp3) is 0.400. The topological polar surface area (TPSA) is 117 Å². The molecule has 0 bridgehead atoms. The number of amides is 2. The zero-order valence-corrected chi connectivity index (χ0v) is 22.2. The molecule has 2 aliphatic heterocycles. The largest absolute Gasteiger partial charge is 0.508 e. The van der Waals surface area contributed by atoms with Crippen LogP contribution < -0.4 is 10.4 Å². The fourth-order valence-corrected chi connectivity index (χ4v) is 6.38. The number of rotatable bonds is 9. The summed E-state index contributed by atoms with van der Waals surface area (Å²) in [7, 11) is -0.0630. The number of imide groups is 1. The zero-order chi connectivity index (χ0) is 27.7. The number of allylic oxidation sites excluding steroid dienone is 1. The second kappa shape index (κ2) is 11.5. The van der Waals surface area contributed by atoms with Crippen LogP contribution in [0.15, 0.2) is 65.3 Å². The second-order valence-electron chi connectivity index (χ2n) is 10.5. The Labute approximate surface area is 228 Å². The summed E-state index contributed by atoms with van der Waals surface area (Å²) < 4.78 is 11.8. The monoisotopic (exact) mass is 531 g/mol. The molecule has 204 valence electrons. The van der Waals surface area contributed by atoms with Gasteiger partial charge in [0, 0.05) is 13.0 Å². The van der Waals surface area contributed by atoms with Crippen molar-refractivity contribution in [1.29, 1.82) is 0 Å². The number of phenols is 1. The molecular weight excluding hydrogens is 497 g/mol. The maximum Gasteiger partial charge on any atom is 0.488 e. The van der Waals surface area contributed by atoms with Gasteiger partial charge in [-0.05, 0) is 72.1 Å². The van der Waals surface area contributed by atoms with Crippen LogP contribution in [-0.2, 0) is 19.1 Å². The molecule has 2 saturated heterocycles. The molecule has 2 amide bonds. The average Bonchev–Trinajstić information content (AvgIpc) is 3.45. The number of hydrogen-bond donors (Lipinski definition) is 3. The lowest BCUT2D eigenvalue weighted by Gasteiger charge is -2.31. The van der Waals surface area contributed by atoms with Gasteiger partial charge in [-0.3, -0.25) is 14.5 Å². The second-order valence-corrected chi connectivity index (χ2v) is 10.5. The third-order valence-electron chi connectivity index (χ3n) is 8.18. The van der Waals surface area contributed by atoms with Crippen LogP contribution in [0, 0.1) is 17.8 Å². The zero-order valence-electron chi connectivity index (χ0n) is 22.2. The molecule has 8 nitrogen and oxygen atoms in total. The van der Waals surface area contributed by atoms with Gasteiger partial charge < -0.3 is 24.6 Å². The molecule has 3 N–H and O–H groups in total. The van der Waals surface area contributed by atoms with E-state index in [0.717, 1.165) is 36.0 Å². The van der Waals surface area contributed by atoms with Crippen LogP contribution in [0.25, 0.3) is 6.08 Å². The van der Waals surface area contributed by atoms with Gasteiger partial charge >= 0.3 is 7.12 Å². The molecule has 1 aliphatic carbocycles. The number of benzene rings is 2. The SMILES string of the molecule is CC/C(=C\c1cccc(O)c1)CC[C@H]1OC[C@H]2C1=C(COC)C[C@H]1C(=O)N(c3cccc(B(O)O)c3)C(=O)[C@H]12. The number of methoxy groups -OCH3 is 1. The minimum absolute atomic E-state index is 0.162. The van der Waals surface area contributed by atoms with Gasteiger partial charge in [-0.1, -0.05) is 42.8 Å². The van der Waals surface area contributed by atoms with Crippen LogP contribution in [0.3, 0.4) is 0 Å². The Morgan fingerprint density at radius 2 is 1.92 bits per heavy atom. The van der Waals surface area contributed by atoms with Gasteiger partial charge in [0.15, 0.2) is 0 Å². The smallest absolute Gasteiger partial charge is 0.488 e. The van der Waals surface area contributed by atoms with Gasteiger partial charge in [-0.15, -0.1) is 0 Å². The molecule has 2 fully saturated rings. The normalized spacial score (nSPS) is 24.8. The maximum absolute atomic E-state index is 13.7. The van der Waals surface area contributed by atoms with E-state index in [1.807, 2.05) is 12.1 Å². The van der Waals surface area contributed by atoms with Crippen LogP contribution in [0.5, 0.6) is 5.75 Å². The number of anilines is 1. The van der Waals surface area contributed by atoms with Crippen LogP contribution in [0.2, 0.25) is 0 Å². The standard InChI is InChI=1S/C30H34BNO7/c1-3-18(12-19-6-4-9-23(33)13-19)10-11-26-27-20(16-38-2)14-24-28(25(27)17-39-26)30(35)32(29(24)34)22-8-5-7-21(15-22)31(36)37/h4-9,12-13,15,24-26,28,33,36-37H,3,10-11,14,16-17H2,1-2H3/b18-12+/t24-,25+,26-,28-/m1/s1. The Morgan fingerprint density at radius 3 is 2.64 bits per heavy atom. The summed E-state index contributed by atoms with van der Waals surface area (Å²) in [5, 5.41) is 29.0. The molecule has 4 atom stereocenters. The third-order valence-corrected chi connectivity index (χ3v) is 8.18. The number of carbonyl (C=O) groups excluding carboxylic acids is 2. The molecule has 2 heterocycles. The van der Waals surface area contributed by atoms with Crippen LogP contribution in [-0.4, -0.2) is 60.5 Å². The van der Waals surface area contributed by atoms with E-state index in [1.54, 1.807) is 31.4 Å². The summed E-state index contributed by atoms with van der Waals surface area (Å²) >= 11 is 0. The summed E-state index contributed by atoms with van der Waals surface area (Å²) in [6.45, 7) is 2.85. The first-order chi connectivity index (χ1) is 18.8. The molecule has 2 aromatic rings. The van der Waals surface area contributed by atoms with Crippen molar-refractivity contribution in [1.82, 2.24) is 0 Å². The van der Waals surface area contributed by atoms with E-state index in [2.05, 4.69) is 13.0 Å². The number of carbonyl (C=O) groups is 2. The van der Waals surface area contributed by atoms with E-state index >= 15 is 0 Å². The highest BCUT2D eigenvalue weighted by Crippen LogP contribution is 2.50. The van der Waals surface area contributed by atoms with Gasteiger partial charge in [0.05, 0.1) is 36.8 Å². The third kappa shape index (κ3) is 5.32. The first kappa shape index (κ1) is 27.3. The minimum Gasteiger partial charge on any atom is -0.508 e. The van der Waals surface area contributed by atoms with Crippen LogP contribution >= 0.6 is 0 Å². The fourth-order valence-electron chi connectivity index (χ4n) is 6.38. The molecule has 0 saturated carbocycles. The lowest BCUT2D eigenvalue weighted by Crippen LogP contribution is -2.36. The molecule has 0 aromatic heterocycles. The number of fused-ring (bicyclic) bond motifs is 3. The summed E-state index contributed by atoms with van der Waals surface area (Å²) in [4.78, 5) is 28.5. The Kier molecular flexibility index (Phi) is 8.04. The molecule has 0 radical (unpaired) electrons. The van der Waals surface area contributed by atoms with Crippen molar-refractivity contribution >= 4 is 36.2 Å². The van der Waals surface area contributed by atoms with Crippen molar-refractivity contribution < 1.29 is 34.2 Å². The van der Waals surface area contributed by atoms with Crippen molar-refractivity contribution in [2.75, 3.05) is 25.2 Å². The predicted octanol–water partition coefficient (Wildman–Crippen LogP) is 2.81. The number of hydrogen-bond acceptors (Lipinski definition) is 7. The number of phenolic OH excluding ortho intramolecular Hbond substituents is 1. The highest BCUT2D eigenvalue weighted by Gasteiger charge is 2.57. The lowest BCUT2D eigenvalue weighted by molar-refractivity contribution is -0.122. The molecule has 9 heteroatoms. The highest BCUT2D eigenvalue weighted by atomic mass is 16.5. The molecule has 0 unspecified atom stereocenters. The summed E-state index contributed by atoms with van der Waals surface area (Å²) in [5.41, 5.74) is 4.87. The number of ether oxygens (including phenoxy) is 2. The highest BCUT2D eigenvalue weighted by molar-refractivity contribution is 6.58. The van der Waals surface area contributed by atoms with Crippen molar-refractivity contribution in [2.24, 2.45) is 17.8 Å². The van der Waals surface area contributed by atoms with E-state index in [1.165, 1.54) is 22.6 Å². The Morgan fingerprint density at radius 1 is 1.13 bits per heavy atom. The Hall–Kier alpha value is -3.24. The Balaban J connectivity index is 1.39. The summed E-state index contributed by atoms with van der Waals surface area (Å²) in [6.07, 6.45) is 4.79. The van der Waals surface area contributed by atoms with E-state index in [9.17, 15) is 24.7 Å². The maximum atomic E-state index is 13.7. The van der Waals surface area contributed by atoms with Gasteiger partial charge in [-0.25, -0.2) is 0 Å².